The summed E-state index contributed by atoms with van der Waals surface area (Å²) in [6, 6.07) is 7.90. The Morgan fingerprint density at radius 2 is 1.55 bits per heavy atom. The summed E-state index contributed by atoms with van der Waals surface area (Å²) in [5.74, 6) is -2.65. The van der Waals surface area contributed by atoms with Gasteiger partial charge in [0.25, 0.3) is 0 Å². The van der Waals surface area contributed by atoms with Gasteiger partial charge in [-0.05, 0) is 12.5 Å². The molecule has 1 aliphatic rings. The number of thiazole rings is 1. The van der Waals surface area contributed by atoms with Crippen molar-refractivity contribution in [3.63, 3.8) is 0 Å². The van der Waals surface area contributed by atoms with Gasteiger partial charge < -0.3 is 28.4 Å². The molecule has 3 heterocycles. The molecule has 0 radical (unpaired) electrons. The van der Waals surface area contributed by atoms with Crippen LogP contribution >= 0.6 is 11.3 Å². The smallest absolute Gasteiger partial charge is 0.303 e. The minimum atomic E-state index is -1.39. The zero-order valence-corrected chi connectivity index (χ0v) is 24.5. The van der Waals surface area contributed by atoms with Crippen molar-refractivity contribution in [2.24, 2.45) is 0 Å². The normalized spacial score (nSPS) is 21.7. The molecule has 0 spiro atoms. The molecule has 42 heavy (non-hydrogen) atoms. The van der Waals surface area contributed by atoms with E-state index in [1.165, 1.54) is 6.92 Å². The topological polar surface area (TPSA) is 165 Å². The van der Waals surface area contributed by atoms with E-state index in [2.05, 4.69) is 15.2 Å². The number of carbonyl (C=O) groups excluding carboxylic acids is 4. The average molecular weight is 602 g/mol. The molecular weight excluding hydrogens is 570 g/mol. The number of hydrogen-bond donors (Lipinski definition) is 1. The first-order valence-corrected chi connectivity index (χ1v) is 13.9. The van der Waals surface area contributed by atoms with Crippen LogP contribution in [0.3, 0.4) is 0 Å². The maximum atomic E-state index is 12.1. The quantitative estimate of drug-likeness (QED) is 0.267. The van der Waals surface area contributed by atoms with E-state index >= 15 is 0 Å². The van der Waals surface area contributed by atoms with E-state index in [1.807, 2.05) is 36.6 Å². The van der Waals surface area contributed by atoms with Crippen LogP contribution in [0.2, 0.25) is 0 Å². The van der Waals surface area contributed by atoms with Gasteiger partial charge in [0.2, 0.25) is 18.3 Å². The van der Waals surface area contributed by atoms with Crippen LogP contribution in [0.25, 0.3) is 10.6 Å². The van der Waals surface area contributed by atoms with E-state index in [-0.39, 0.29) is 12.5 Å². The zero-order chi connectivity index (χ0) is 30.4. The lowest BCUT2D eigenvalue weighted by Crippen LogP contribution is -2.63. The van der Waals surface area contributed by atoms with Crippen LogP contribution < -0.4 is 4.74 Å². The number of carbonyl (C=O) groups is 4. The molecule has 3 aromatic rings. The molecule has 13 nitrogen and oxygen atoms in total. The Morgan fingerprint density at radius 3 is 2.14 bits per heavy atom. The Bertz CT molecular complexity index is 1410. The predicted octanol–water partition coefficient (Wildman–Crippen LogP) is 2.89. The highest BCUT2D eigenvalue weighted by molar-refractivity contribution is 7.13. The van der Waals surface area contributed by atoms with E-state index in [0.717, 1.165) is 42.6 Å². The monoisotopic (exact) mass is 601 g/mol. The summed E-state index contributed by atoms with van der Waals surface area (Å²) in [7, 11) is 0. The number of benzene rings is 1. The van der Waals surface area contributed by atoms with Crippen molar-refractivity contribution < 1.29 is 47.6 Å². The van der Waals surface area contributed by atoms with Crippen LogP contribution in [-0.4, -0.2) is 76.4 Å². The first-order chi connectivity index (χ1) is 20.0. The number of aryl methyl sites for hydroxylation is 1. The molecule has 1 aromatic carbocycles. The number of H-pyrrole nitrogens is 1. The lowest BCUT2D eigenvalue weighted by Gasteiger charge is -2.43. The molecule has 224 valence electrons. The van der Waals surface area contributed by atoms with Crippen LogP contribution in [0.5, 0.6) is 5.88 Å². The number of nitrogens with zero attached hydrogens (tertiary/aromatic N) is 2. The van der Waals surface area contributed by atoms with E-state index in [9.17, 15) is 19.2 Å². The van der Waals surface area contributed by atoms with Crippen LogP contribution in [-0.2, 0) is 49.3 Å². The molecule has 0 saturated carbocycles. The standard InChI is InChI=1S/C28H31N3O10S/c1-14-21(12-19-6-8-20(9-7-19)27-29-10-11-42-27)26(31-30-14)41-28-25(39-18(5)35)24(38-17(4)34)23(37-16(3)33)22(40-28)13-36-15(2)32/h6-11,22-25,28H,12-13H2,1-5H3,(H,30,31)/t22-,23-,24+,25-,28+/m1/s1. The number of esters is 4. The second-order valence-electron chi connectivity index (χ2n) is 9.53. The van der Waals surface area contributed by atoms with E-state index < -0.39 is 54.6 Å². The van der Waals surface area contributed by atoms with Gasteiger partial charge in [0.05, 0.1) is 0 Å². The Morgan fingerprint density at radius 1 is 0.905 bits per heavy atom. The minimum Gasteiger partial charge on any atom is -0.463 e. The Kier molecular flexibility index (Phi) is 9.91. The summed E-state index contributed by atoms with van der Waals surface area (Å²) < 4.78 is 33.7. The molecule has 0 bridgehead atoms. The van der Waals surface area contributed by atoms with Crippen molar-refractivity contribution in [1.29, 1.82) is 0 Å². The third-order valence-electron chi connectivity index (χ3n) is 6.23. The summed E-state index contributed by atoms with van der Waals surface area (Å²) in [5.41, 5.74) is 3.38. The van der Waals surface area contributed by atoms with Crippen molar-refractivity contribution in [1.82, 2.24) is 15.2 Å². The molecule has 1 aliphatic heterocycles. The van der Waals surface area contributed by atoms with Crippen LogP contribution in [0.1, 0.15) is 44.5 Å². The maximum absolute atomic E-state index is 12.1. The number of rotatable bonds is 10. The highest BCUT2D eigenvalue weighted by Gasteiger charge is 2.53. The van der Waals surface area contributed by atoms with E-state index in [1.54, 1.807) is 17.5 Å². The molecule has 1 saturated heterocycles. The van der Waals surface area contributed by atoms with Crippen LogP contribution in [0.15, 0.2) is 35.8 Å². The molecule has 1 N–H and O–H groups in total. The SMILES string of the molecule is CC(=O)OC[C@H]1O[C@@H](Oc2n[nH]c(C)c2Cc2ccc(-c3nccs3)cc2)[C@H](OC(C)=O)[C@@H](OC(C)=O)[C@@H]1OC(C)=O. The first-order valence-electron chi connectivity index (χ1n) is 13.0. The molecule has 4 rings (SSSR count). The van der Waals surface area contributed by atoms with Crippen molar-refractivity contribution in [3.05, 3.63) is 52.7 Å². The van der Waals surface area contributed by atoms with Crippen LogP contribution in [0, 0.1) is 6.92 Å². The van der Waals surface area contributed by atoms with Gasteiger partial charge >= 0.3 is 23.9 Å². The fourth-order valence-electron chi connectivity index (χ4n) is 4.46. The molecule has 5 atom stereocenters. The number of ether oxygens (including phenoxy) is 6. The maximum Gasteiger partial charge on any atom is 0.303 e. The number of nitrogens with one attached hydrogen (secondary N) is 1. The van der Waals surface area contributed by atoms with Gasteiger partial charge in [-0.1, -0.05) is 24.3 Å². The second kappa shape index (κ2) is 13.6. The number of hydrogen-bond acceptors (Lipinski definition) is 13. The average Bonchev–Trinajstić information content (AvgIpc) is 3.57. The largest absolute Gasteiger partial charge is 0.463 e. The van der Waals surface area contributed by atoms with Gasteiger partial charge in [-0.15, -0.1) is 16.4 Å². The summed E-state index contributed by atoms with van der Waals surface area (Å²) in [5, 5.41) is 9.99. The number of aromatic nitrogens is 3. The lowest BCUT2D eigenvalue weighted by atomic mass is 9.98. The summed E-state index contributed by atoms with van der Waals surface area (Å²) in [6.07, 6.45) is -4.35. The first kappa shape index (κ1) is 30.7. The zero-order valence-electron chi connectivity index (χ0n) is 23.7. The lowest BCUT2D eigenvalue weighted by molar-refractivity contribution is -0.289. The fraction of sp³-hybridized carbons (Fsp3) is 0.429. The summed E-state index contributed by atoms with van der Waals surface area (Å²) >= 11 is 1.55. The predicted molar refractivity (Wildman–Crippen MR) is 146 cm³/mol. The number of aromatic amines is 1. The Hall–Kier alpha value is -4.30. The van der Waals surface area contributed by atoms with E-state index in [0.29, 0.717) is 12.0 Å². The van der Waals surface area contributed by atoms with Gasteiger partial charge in [-0.25, -0.2) is 4.98 Å². The molecule has 0 aliphatic carbocycles. The molecule has 2 aromatic heterocycles. The van der Waals surface area contributed by atoms with Gasteiger partial charge in [0, 0.05) is 62.5 Å². The van der Waals surface area contributed by atoms with Gasteiger partial charge in [-0.3, -0.25) is 24.3 Å². The summed E-state index contributed by atoms with van der Waals surface area (Å²) in [4.78, 5) is 52.1. The highest BCUT2D eigenvalue weighted by atomic mass is 32.1. The molecular formula is C28H31N3O10S. The Balaban J connectivity index is 1.64. The van der Waals surface area contributed by atoms with Gasteiger partial charge in [0.15, 0.2) is 12.2 Å². The third-order valence-corrected chi connectivity index (χ3v) is 7.05. The van der Waals surface area contributed by atoms with Crippen LogP contribution in [0.4, 0.5) is 0 Å². The van der Waals surface area contributed by atoms with Crippen molar-refractivity contribution in [2.45, 2.75) is 71.7 Å². The minimum absolute atomic E-state index is 0.150. The summed E-state index contributed by atoms with van der Waals surface area (Å²) in [6.45, 7) is 6.12. The van der Waals surface area contributed by atoms with E-state index in [4.69, 9.17) is 28.4 Å². The molecule has 1 fully saturated rings. The van der Waals surface area contributed by atoms with Crippen molar-refractivity contribution in [2.75, 3.05) is 6.61 Å². The van der Waals surface area contributed by atoms with Crippen molar-refractivity contribution in [3.8, 4) is 16.5 Å². The highest BCUT2D eigenvalue weighted by Crippen LogP contribution is 2.33. The third kappa shape index (κ3) is 7.70. The van der Waals surface area contributed by atoms with Gasteiger partial charge in [0.1, 0.15) is 17.7 Å². The van der Waals surface area contributed by atoms with Gasteiger partial charge in [-0.2, -0.15) is 0 Å². The molecule has 14 heteroatoms. The van der Waals surface area contributed by atoms with Crippen molar-refractivity contribution >= 4 is 35.2 Å². The fourth-order valence-corrected chi connectivity index (χ4v) is 5.11. The molecule has 0 amide bonds. The Labute approximate surface area is 245 Å². The molecule has 0 unspecified atom stereocenters. The second-order valence-corrected chi connectivity index (χ2v) is 10.4.